The monoisotopic (exact) mass is 680 g/mol. The van der Waals surface area contributed by atoms with Crippen molar-refractivity contribution < 1.29 is 36.7 Å². The predicted octanol–water partition coefficient (Wildman–Crippen LogP) is 12.0. The second-order valence-corrected chi connectivity index (χ2v) is 18.8. The maximum absolute atomic E-state index is 9.75. The van der Waals surface area contributed by atoms with Crippen LogP contribution in [0.1, 0.15) is 101 Å². The zero-order valence-corrected chi connectivity index (χ0v) is 28.1. The molecule has 0 saturated heterocycles. The molecule has 8 heteroatoms. The molecule has 5 rings (SSSR count). The molecule has 0 amide bonds. The van der Waals surface area contributed by atoms with Gasteiger partial charge in [0.25, 0.3) is 0 Å². The SMILES string of the molecule is C1=C\CC/C=C\CC/1.CC(C)(C)P1Cc2ccccc2C1[C@H]1c2ccccc2C[P@]1C(C)(C)C.F[B-](F)(F)F.[Rh+]. The van der Waals surface area contributed by atoms with E-state index in [1.165, 1.54) is 38.0 Å². The number of hydrogen-bond acceptors (Lipinski definition) is 0. The third kappa shape index (κ3) is 10.2. The Morgan fingerprint density at radius 3 is 1.12 bits per heavy atom. The fourth-order valence-electron chi connectivity index (χ4n) is 5.68. The minimum Gasteiger partial charge on any atom is -0.418 e. The van der Waals surface area contributed by atoms with Crippen molar-refractivity contribution in [3.8, 4) is 0 Å². The molecule has 4 atom stereocenters. The van der Waals surface area contributed by atoms with Crippen LogP contribution in [0.25, 0.3) is 0 Å². The molecule has 2 heterocycles. The first-order valence-electron chi connectivity index (χ1n) is 14.0. The molecule has 0 radical (unpaired) electrons. The van der Waals surface area contributed by atoms with Gasteiger partial charge in [-0.25, -0.2) is 0 Å². The Labute approximate surface area is 255 Å². The van der Waals surface area contributed by atoms with Crippen molar-refractivity contribution in [3.05, 3.63) is 95.1 Å². The van der Waals surface area contributed by atoms with Crippen LogP contribution in [0.15, 0.2) is 72.8 Å². The molecule has 2 aromatic rings. The number of halogens is 4. The average molecular weight is 680 g/mol. The van der Waals surface area contributed by atoms with Gasteiger partial charge >= 0.3 is 26.7 Å². The third-order valence-electron chi connectivity index (χ3n) is 7.46. The fraction of sp³-hybridized carbons (Fsp3) is 0.500. The van der Waals surface area contributed by atoms with Crippen LogP contribution in [0, 0.1) is 0 Å². The van der Waals surface area contributed by atoms with Gasteiger partial charge in [0.1, 0.15) is 0 Å². The molecule has 0 bridgehead atoms. The van der Waals surface area contributed by atoms with Crippen LogP contribution in [0.3, 0.4) is 0 Å². The van der Waals surface area contributed by atoms with Gasteiger partial charge in [0.2, 0.25) is 0 Å². The van der Waals surface area contributed by atoms with Crippen molar-refractivity contribution in [3.63, 3.8) is 0 Å². The molecule has 2 aliphatic heterocycles. The van der Waals surface area contributed by atoms with Crippen LogP contribution in [-0.2, 0) is 31.8 Å². The van der Waals surface area contributed by atoms with Crippen molar-refractivity contribution >= 4 is 23.1 Å². The fourth-order valence-corrected chi connectivity index (χ4v) is 13.1. The maximum atomic E-state index is 9.75. The summed E-state index contributed by atoms with van der Waals surface area (Å²) in [5, 5.41) is 0.797. The van der Waals surface area contributed by atoms with Gasteiger partial charge in [-0.2, -0.15) is 0 Å². The first kappa shape index (κ1) is 35.4. The van der Waals surface area contributed by atoms with E-state index in [0.29, 0.717) is 10.3 Å². The summed E-state index contributed by atoms with van der Waals surface area (Å²) in [6.07, 6.45) is 16.6. The molecule has 0 nitrogen and oxygen atoms in total. The summed E-state index contributed by atoms with van der Waals surface area (Å²) in [5.41, 5.74) is 8.07. The van der Waals surface area contributed by atoms with Crippen LogP contribution in [0.2, 0.25) is 0 Å². The van der Waals surface area contributed by atoms with E-state index in [9.17, 15) is 17.3 Å². The molecule has 1 aliphatic carbocycles. The van der Waals surface area contributed by atoms with Crippen LogP contribution in [-0.4, -0.2) is 17.6 Å². The number of rotatable bonds is 1. The summed E-state index contributed by atoms with van der Waals surface area (Å²) in [5.74, 6) is 0. The quantitative estimate of drug-likeness (QED) is 0.122. The minimum atomic E-state index is -6.00. The molecule has 2 unspecified atom stereocenters. The Kier molecular flexibility index (Phi) is 13.3. The molecule has 0 spiro atoms. The summed E-state index contributed by atoms with van der Waals surface area (Å²) in [4.78, 5) is 0. The van der Waals surface area contributed by atoms with Crippen LogP contribution in [0.4, 0.5) is 17.3 Å². The number of hydrogen-bond donors (Lipinski definition) is 0. The summed E-state index contributed by atoms with van der Waals surface area (Å²) < 4.78 is 39.0. The topological polar surface area (TPSA) is 0 Å². The second kappa shape index (κ2) is 15.1. The Morgan fingerprint density at radius 2 is 0.850 bits per heavy atom. The maximum Gasteiger partial charge on any atom is 1.00 e. The second-order valence-electron chi connectivity index (χ2n) is 12.5. The van der Waals surface area contributed by atoms with Gasteiger partial charge in [-0.05, 0) is 70.6 Å². The zero-order chi connectivity index (χ0) is 28.8. The number of allylic oxidation sites excluding steroid dienone is 4. The van der Waals surface area contributed by atoms with Gasteiger partial charge in [-0.3, -0.25) is 0 Å². The van der Waals surface area contributed by atoms with Crippen molar-refractivity contribution in [1.82, 2.24) is 0 Å². The molecule has 3 aliphatic rings. The van der Waals surface area contributed by atoms with Gasteiger partial charge in [0.15, 0.2) is 0 Å². The molecule has 40 heavy (non-hydrogen) atoms. The summed E-state index contributed by atoms with van der Waals surface area (Å²) in [6.45, 7) is 14.9. The van der Waals surface area contributed by atoms with Crippen molar-refractivity contribution in [2.45, 2.75) is 101 Å². The van der Waals surface area contributed by atoms with E-state index >= 15 is 0 Å². The van der Waals surface area contributed by atoms with Crippen LogP contribution < -0.4 is 0 Å². The summed E-state index contributed by atoms with van der Waals surface area (Å²) in [7, 11) is -6.14. The van der Waals surface area contributed by atoms with E-state index in [1.54, 1.807) is 22.3 Å². The third-order valence-corrected chi connectivity index (χ3v) is 15.0. The molecular formula is C32H44BF4P2Rh. The van der Waals surface area contributed by atoms with Crippen LogP contribution >= 0.6 is 15.8 Å². The van der Waals surface area contributed by atoms with E-state index in [-0.39, 0.29) is 35.3 Å². The van der Waals surface area contributed by atoms with Crippen molar-refractivity contribution in [2.75, 3.05) is 0 Å². The van der Waals surface area contributed by atoms with E-state index in [1.807, 2.05) is 0 Å². The van der Waals surface area contributed by atoms with Crippen molar-refractivity contribution in [1.29, 1.82) is 0 Å². The molecule has 222 valence electrons. The molecule has 0 fully saturated rings. The predicted molar refractivity (Wildman–Crippen MR) is 166 cm³/mol. The smallest absolute Gasteiger partial charge is 0.418 e. The minimum absolute atomic E-state index is 0. The summed E-state index contributed by atoms with van der Waals surface area (Å²) >= 11 is 0. The van der Waals surface area contributed by atoms with Crippen LogP contribution in [0.5, 0.6) is 0 Å². The largest absolute Gasteiger partial charge is 1.00 e. The zero-order valence-electron chi connectivity index (χ0n) is 24.6. The summed E-state index contributed by atoms with van der Waals surface area (Å²) in [6, 6.07) is 18.7. The normalized spacial score (nSPS) is 25.4. The molecule has 0 saturated carbocycles. The number of fused-ring (bicyclic) bond motifs is 2. The molecular weight excluding hydrogens is 636 g/mol. The molecule has 0 aromatic heterocycles. The van der Waals surface area contributed by atoms with Gasteiger partial charge in [0, 0.05) is 11.3 Å². The Bertz CT molecular complexity index is 1030. The van der Waals surface area contributed by atoms with Gasteiger partial charge in [-0.15, -0.1) is 0 Å². The average Bonchev–Trinajstić information content (AvgIpc) is 3.36. The van der Waals surface area contributed by atoms with E-state index in [2.05, 4.69) is 114 Å². The number of benzene rings is 2. The van der Waals surface area contributed by atoms with E-state index in [4.69, 9.17) is 0 Å². The Hall–Kier alpha value is -0.812. The Morgan fingerprint density at radius 1 is 0.575 bits per heavy atom. The molecule has 0 N–H and O–H groups in total. The first-order valence-corrected chi connectivity index (χ1v) is 17.2. The Balaban J connectivity index is 0.000000333. The van der Waals surface area contributed by atoms with E-state index in [0.717, 1.165) is 11.3 Å². The van der Waals surface area contributed by atoms with Gasteiger partial charge in [-0.1, -0.05) is 130 Å². The first-order chi connectivity index (χ1) is 18.2. The van der Waals surface area contributed by atoms with Crippen molar-refractivity contribution in [2.24, 2.45) is 0 Å². The van der Waals surface area contributed by atoms with Gasteiger partial charge in [0.05, 0.1) is 0 Å². The molecule has 2 aromatic carbocycles. The standard InChI is InChI=1S/C24H32P2.C8H12.BF4.Rh/c1-23(2,3)25-15-17-11-7-9-13-19(17)21(25)22-20-14-10-8-12-18(20)16-26(22)24(4,5)6;1-2-4-6-8-7-5-3-1;2-1(3,4)5;/h7-14,21-22H,15-16H2,1-6H3;1-2,7-8H,3-6H2;;/q;;-1;+1/b;2-1-,8-7-;;/t21-,22?,25+,26?;;;/m1.../s1. The van der Waals surface area contributed by atoms with Gasteiger partial charge < -0.3 is 17.3 Å². The van der Waals surface area contributed by atoms with E-state index < -0.39 is 7.25 Å².